The van der Waals surface area contributed by atoms with Crippen LogP contribution in [0, 0.1) is 0 Å². The highest BCUT2D eigenvalue weighted by Gasteiger charge is 2.10. The van der Waals surface area contributed by atoms with Gasteiger partial charge >= 0.3 is 0 Å². The zero-order chi connectivity index (χ0) is 22.1. The van der Waals surface area contributed by atoms with Crippen LogP contribution in [0.25, 0.3) is 11.0 Å². The van der Waals surface area contributed by atoms with E-state index in [0.717, 1.165) is 48.9 Å². The van der Waals surface area contributed by atoms with Crippen molar-refractivity contribution in [1.82, 2.24) is 35.3 Å². The van der Waals surface area contributed by atoms with Gasteiger partial charge in [0, 0.05) is 46.3 Å². The predicted molar refractivity (Wildman–Crippen MR) is 142 cm³/mol. The van der Waals surface area contributed by atoms with Crippen molar-refractivity contribution in [1.29, 1.82) is 0 Å². The molecule has 1 atom stereocenters. The van der Waals surface area contributed by atoms with E-state index in [-0.39, 0.29) is 24.0 Å². The van der Waals surface area contributed by atoms with Crippen LogP contribution in [0.2, 0.25) is 0 Å². The highest BCUT2D eigenvalue weighted by Crippen LogP contribution is 2.17. The van der Waals surface area contributed by atoms with Crippen molar-refractivity contribution in [2.45, 2.75) is 25.9 Å². The molecule has 0 saturated heterocycles. The third-order valence-electron chi connectivity index (χ3n) is 5.34. The number of aromatic nitrogens is 4. The first-order valence-corrected chi connectivity index (χ1v) is 10.6. The quantitative estimate of drug-likeness (QED) is 0.154. The second kappa shape index (κ2) is 13.2. The molecular formula is C22H34IN9. The largest absolute Gasteiger partial charge is 0.368 e. The number of fused-ring (bicyclic) bond motifs is 1. The van der Waals surface area contributed by atoms with Crippen LogP contribution >= 0.6 is 24.0 Å². The second-order valence-electron chi connectivity index (χ2n) is 7.62. The Balaban J connectivity index is 0.00000363. The summed E-state index contributed by atoms with van der Waals surface area (Å²) in [7, 11) is 5.83. The summed E-state index contributed by atoms with van der Waals surface area (Å²) in [6, 6.07) is 11.0. The van der Waals surface area contributed by atoms with E-state index >= 15 is 0 Å². The summed E-state index contributed by atoms with van der Waals surface area (Å²) in [6.45, 7) is 5.49. The van der Waals surface area contributed by atoms with Crippen LogP contribution in [0.5, 0.6) is 0 Å². The molecule has 0 radical (unpaired) electrons. The fourth-order valence-electron chi connectivity index (χ4n) is 3.33. The van der Waals surface area contributed by atoms with Crippen LogP contribution in [0.3, 0.4) is 0 Å². The second-order valence-corrected chi connectivity index (χ2v) is 7.62. The van der Waals surface area contributed by atoms with Gasteiger partial charge in [0.05, 0.1) is 11.6 Å². The number of aryl methyl sites for hydroxylation is 1. The smallest absolute Gasteiger partial charge is 0.191 e. The Hall–Kier alpha value is -2.47. The van der Waals surface area contributed by atoms with Crippen molar-refractivity contribution in [2.24, 2.45) is 12.0 Å². The molecular weight excluding hydrogens is 517 g/mol. The van der Waals surface area contributed by atoms with E-state index in [1.54, 1.807) is 24.3 Å². The summed E-state index contributed by atoms with van der Waals surface area (Å²) in [6.07, 6.45) is 4.36. The molecule has 0 bridgehead atoms. The third kappa shape index (κ3) is 7.30. The number of benzene rings is 1. The lowest BCUT2D eigenvalue weighted by Gasteiger charge is -2.25. The summed E-state index contributed by atoms with van der Waals surface area (Å²) in [4.78, 5) is 15.3. The molecule has 0 spiro atoms. The van der Waals surface area contributed by atoms with Crippen LogP contribution in [0.1, 0.15) is 18.9 Å². The van der Waals surface area contributed by atoms with E-state index < -0.39 is 0 Å². The van der Waals surface area contributed by atoms with Crippen LogP contribution in [0.15, 0.2) is 47.8 Å². The number of hydrogen-bond donors (Lipinski definition) is 3. The van der Waals surface area contributed by atoms with Gasteiger partial charge in [-0.05, 0) is 26.0 Å². The molecule has 0 aliphatic carbocycles. The van der Waals surface area contributed by atoms with E-state index in [0.29, 0.717) is 12.6 Å². The van der Waals surface area contributed by atoms with Gasteiger partial charge in [0.1, 0.15) is 12.1 Å². The lowest BCUT2D eigenvalue weighted by Crippen LogP contribution is -2.41. The first kappa shape index (κ1) is 25.8. The Bertz CT molecular complexity index is 974. The number of hydrogen-bond acceptors (Lipinski definition) is 6. The van der Waals surface area contributed by atoms with Gasteiger partial charge in [-0.1, -0.05) is 30.3 Å². The van der Waals surface area contributed by atoms with Crippen LogP contribution in [-0.2, 0) is 13.6 Å². The fraction of sp³-hybridized carbons (Fsp3) is 0.455. The summed E-state index contributed by atoms with van der Waals surface area (Å²) in [5.74, 6) is 1.59. The van der Waals surface area contributed by atoms with Crippen molar-refractivity contribution in [2.75, 3.05) is 39.0 Å². The van der Waals surface area contributed by atoms with Gasteiger partial charge < -0.3 is 16.0 Å². The lowest BCUT2D eigenvalue weighted by atomic mass is 10.1. The molecule has 1 aromatic carbocycles. The van der Waals surface area contributed by atoms with Gasteiger partial charge in [-0.2, -0.15) is 5.10 Å². The number of aliphatic imine (C=N–C) groups is 1. The van der Waals surface area contributed by atoms with Gasteiger partial charge in [-0.15, -0.1) is 24.0 Å². The van der Waals surface area contributed by atoms with Crippen molar-refractivity contribution in [3.8, 4) is 0 Å². The Labute approximate surface area is 207 Å². The van der Waals surface area contributed by atoms with Crippen LogP contribution in [0.4, 0.5) is 5.82 Å². The SMILES string of the molecule is CN=C(NCCNc1ncnc2c1cnn2C)NCCC(C)N(C)Cc1ccccc1.I. The van der Waals surface area contributed by atoms with Gasteiger partial charge in [-0.3, -0.25) is 14.6 Å². The van der Waals surface area contributed by atoms with Gasteiger partial charge in [-0.25, -0.2) is 9.97 Å². The van der Waals surface area contributed by atoms with E-state index in [4.69, 9.17) is 0 Å². The number of guanidine groups is 1. The molecule has 10 heteroatoms. The number of nitrogens with one attached hydrogen (secondary N) is 3. The maximum atomic E-state index is 4.32. The van der Waals surface area contributed by atoms with Crippen molar-refractivity contribution in [3.63, 3.8) is 0 Å². The zero-order valence-corrected chi connectivity index (χ0v) is 21.6. The number of rotatable bonds is 10. The number of halogens is 1. The topological polar surface area (TPSA) is 95.3 Å². The highest BCUT2D eigenvalue weighted by atomic mass is 127. The molecule has 9 nitrogen and oxygen atoms in total. The van der Waals surface area contributed by atoms with E-state index in [2.05, 4.69) is 85.2 Å². The molecule has 0 saturated carbocycles. The maximum absolute atomic E-state index is 4.32. The lowest BCUT2D eigenvalue weighted by molar-refractivity contribution is 0.238. The van der Waals surface area contributed by atoms with E-state index in [1.807, 2.05) is 7.05 Å². The molecule has 3 rings (SSSR count). The Kier molecular flexibility index (Phi) is 10.6. The Morgan fingerprint density at radius 1 is 1.12 bits per heavy atom. The molecule has 2 heterocycles. The first-order valence-electron chi connectivity index (χ1n) is 10.6. The van der Waals surface area contributed by atoms with Gasteiger partial charge in [0.15, 0.2) is 11.6 Å². The summed E-state index contributed by atoms with van der Waals surface area (Å²) >= 11 is 0. The average molecular weight is 551 g/mol. The monoisotopic (exact) mass is 551 g/mol. The van der Waals surface area contributed by atoms with Crippen molar-refractivity contribution < 1.29 is 0 Å². The molecule has 2 aromatic heterocycles. The molecule has 0 amide bonds. The van der Waals surface area contributed by atoms with E-state index in [9.17, 15) is 0 Å². The van der Waals surface area contributed by atoms with E-state index in [1.165, 1.54) is 5.56 Å². The number of anilines is 1. The number of nitrogens with zero attached hydrogens (tertiary/aromatic N) is 6. The minimum Gasteiger partial charge on any atom is -0.368 e. The molecule has 0 aliphatic heterocycles. The summed E-state index contributed by atoms with van der Waals surface area (Å²) in [5.41, 5.74) is 2.15. The molecule has 0 fully saturated rings. The average Bonchev–Trinajstić information content (AvgIpc) is 3.17. The van der Waals surface area contributed by atoms with Crippen molar-refractivity contribution >= 4 is 46.8 Å². The minimum atomic E-state index is 0. The first-order chi connectivity index (χ1) is 15.1. The minimum absolute atomic E-state index is 0. The molecule has 0 aliphatic rings. The normalized spacial score (nSPS) is 12.5. The molecule has 1 unspecified atom stereocenters. The molecule has 32 heavy (non-hydrogen) atoms. The maximum Gasteiger partial charge on any atom is 0.191 e. The Morgan fingerprint density at radius 2 is 1.88 bits per heavy atom. The molecule has 174 valence electrons. The fourth-order valence-corrected chi connectivity index (χ4v) is 3.33. The predicted octanol–water partition coefficient (Wildman–Crippen LogP) is 2.47. The molecule has 3 N–H and O–H groups in total. The Morgan fingerprint density at radius 3 is 2.62 bits per heavy atom. The summed E-state index contributed by atoms with van der Waals surface area (Å²) < 4.78 is 1.74. The van der Waals surface area contributed by atoms with Crippen molar-refractivity contribution in [3.05, 3.63) is 48.4 Å². The van der Waals surface area contributed by atoms with Gasteiger partial charge in [0.25, 0.3) is 0 Å². The van der Waals surface area contributed by atoms with Crippen LogP contribution in [-0.4, -0.2) is 70.4 Å². The standard InChI is InChI=1S/C22H33N9.HI/c1-17(30(3)15-18-8-6-5-7-9-18)10-11-25-22(23-2)26-13-12-24-20-19-14-29-31(4)21(19)28-16-27-20;/h5-9,14,16-17H,10-13,15H2,1-4H3,(H2,23,25,26)(H,24,27,28);1H. The molecule has 3 aromatic rings. The summed E-state index contributed by atoms with van der Waals surface area (Å²) in [5, 5.41) is 15.2. The zero-order valence-electron chi connectivity index (χ0n) is 19.2. The third-order valence-corrected chi connectivity index (χ3v) is 5.34. The van der Waals surface area contributed by atoms with Crippen LogP contribution < -0.4 is 16.0 Å². The van der Waals surface area contributed by atoms with Gasteiger partial charge in [0.2, 0.25) is 0 Å². The highest BCUT2D eigenvalue weighted by molar-refractivity contribution is 14.0.